The van der Waals surface area contributed by atoms with Crippen LogP contribution in [0.25, 0.3) is 0 Å². The highest BCUT2D eigenvalue weighted by Gasteiger charge is 2.05. The zero-order chi connectivity index (χ0) is 11.4. The van der Waals surface area contributed by atoms with Gasteiger partial charge in [0, 0.05) is 29.9 Å². The van der Waals surface area contributed by atoms with Crippen molar-refractivity contribution < 1.29 is 0 Å². The molecule has 0 unspecified atom stereocenters. The average molecular weight is 236 g/mol. The molecule has 2 aromatic heterocycles. The van der Waals surface area contributed by atoms with E-state index in [0.717, 1.165) is 30.3 Å². The zero-order valence-corrected chi connectivity index (χ0v) is 10.4. The van der Waals surface area contributed by atoms with Crippen molar-refractivity contribution in [1.29, 1.82) is 0 Å². The number of aromatic nitrogens is 3. The van der Waals surface area contributed by atoms with E-state index in [1.807, 2.05) is 23.2 Å². The van der Waals surface area contributed by atoms with E-state index < -0.39 is 0 Å². The van der Waals surface area contributed by atoms with Gasteiger partial charge in [0.25, 0.3) is 0 Å². The lowest BCUT2D eigenvalue weighted by Crippen LogP contribution is -2.11. The molecular formula is C11H16N4S. The molecule has 0 atom stereocenters. The first-order chi connectivity index (χ1) is 7.79. The zero-order valence-electron chi connectivity index (χ0n) is 9.60. The maximum Gasteiger partial charge on any atom is 0.114 e. The smallest absolute Gasteiger partial charge is 0.114 e. The molecule has 2 heterocycles. The summed E-state index contributed by atoms with van der Waals surface area (Å²) in [6.07, 6.45) is 3.93. The van der Waals surface area contributed by atoms with Crippen molar-refractivity contribution in [3.05, 3.63) is 34.0 Å². The van der Waals surface area contributed by atoms with Gasteiger partial charge < -0.3 is 5.32 Å². The second kappa shape index (κ2) is 5.23. The topological polar surface area (TPSA) is 42.7 Å². The SMILES string of the molecule is CCNCc1cn(Cc2nccs2)nc1C. The Morgan fingerprint density at radius 2 is 2.38 bits per heavy atom. The number of hydrogen-bond donors (Lipinski definition) is 1. The van der Waals surface area contributed by atoms with Gasteiger partial charge in [-0.2, -0.15) is 5.10 Å². The monoisotopic (exact) mass is 236 g/mol. The van der Waals surface area contributed by atoms with Crippen molar-refractivity contribution in [3.63, 3.8) is 0 Å². The summed E-state index contributed by atoms with van der Waals surface area (Å²) in [4.78, 5) is 4.25. The van der Waals surface area contributed by atoms with E-state index >= 15 is 0 Å². The van der Waals surface area contributed by atoms with Gasteiger partial charge in [-0.25, -0.2) is 4.98 Å². The Morgan fingerprint density at radius 1 is 1.50 bits per heavy atom. The predicted molar refractivity (Wildman–Crippen MR) is 65.6 cm³/mol. The highest BCUT2D eigenvalue weighted by molar-refractivity contribution is 7.09. The van der Waals surface area contributed by atoms with Gasteiger partial charge in [-0.3, -0.25) is 4.68 Å². The minimum absolute atomic E-state index is 0.768. The van der Waals surface area contributed by atoms with Gasteiger partial charge in [0.2, 0.25) is 0 Å². The molecule has 0 aliphatic heterocycles. The molecule has 0 fully saturated rings. The fourth-order valence-electron chi connectivity index (χ4n) is 1.54. The quantitative estimate of drug-likeness (QED) is 0.861. The van der Waals surface area contributed by atoms with Crippen LogP contribution in [0.1, 0.15) is 23.2 Å². The first kappa shape index (κ1) is 11.3. The lowest BCUT2D eigenvalue weighted by molar-refractivity contribution is 0.675. The molecular weight excluding hydrogens is 220 g/mol. The molecule has 0 spiro atoms. The molecule has 86 valence electrons. The Balaban J connectivity index is 2.05. The number of nitrogens with one attached hydrogen (secondary N) is 1. The van der Waals surface area contributed by atoms with Crippen molar-refractivity contribution in [3.8, 4) is 0 Å². The largest absolute Gasteiger partial charge is 0.313 e. The van der Waals surface area contributed by atoms with Gasteiger partial charge in [-0.05, 0) is 13.5 Å². The third-order valence-corrected chi connectivity index (χ3v) is 3.16. The van der Waals surface area contributed by atoms with Crippen LogP contribution in [0.2, 0.25) is 0 Å². The molecule has 2 rings (SSSR count). The fourth-order valence-corrected chi connectivity index (χ4v) is 2.15. The fraction of sp³-hybridized carbons (Fsp3) is 0.455. The van der Waals surface area contributed by atoms with Crippen molar-refractivity contribution in [2.75, 3.05) is 6.54 Å². The van der Waals surface area contributed by atoms with E-state index in [1.165, 1.54) is 5.56 Å². The van der Waals surface area contributed by atoms with E-state index in [2.05, 4.69) is 28.5 Å². The van der Waals surface area contributed by atoms with Crippen molar-refractivity contribution in [2.24, 2.45) is 0 Å². The summed E-state index contributed by atoms with van der Waals surface area (Å²) in [5, 5.41) is 10.9. The van der Waals surface area contributed by atoms with Crippen molar-refractivity contribution >= 4 is 11.3 Å². The van der Waals surface area contributed by atoms with Gasteiger partial charge in [-0.15, -0.1) is 11.3 Å². The maximum atomic E-state index is 4.48. The summed E-state index contributed by atoms with van der Waals surface area (Å²) in [7, 11) is 0. The number of rotatable bonds is 5. The third-order valence-electron chi connectivity index (χ3n) is 2.39. The third kappa shape index (κ3) is 2.68. The molecule has 0 saturated carbocycles. The van der Waals surface area contributed by atoms with Gasteiger partial charge in [0.15, 0.2) is 0 Å². The van der Waals surface area contributed by atoms with Crippen LogP contribution in [0, 0.1) is 6.92 Å². The molecule has 4 nitrogen and oxygen atoms in total. The molecule has 5 heteroatoms. The lowest BCUT2D eigenvalue weighted by atomic mass is 10.2. The summed E-state index contributed by atoms with van der Waals surface area (Å²) < 4.78 is 1.96. The first-order valence-corrected chi connectivity index (χ1v) is 6.29. The molecule has 16 heavy (non-hydrogen) atoms. The summed E-state index contributed by atoms with van der Waals surface area (Å²) in [5.74, 6) is 0. The maximum absolute atomic E-state index is 4.48. The molecule has 0 saturated heterocycles. The van der Waals surface area contributed by atoms with Gasteiger partial charge in [-0.1, -0.05) is 6.92 Å². The number of thiazole rings is 1. The molecule has 2 aromatic rings. The number of nitrogens with zero attached hydrogens (tertiary/aromatic N) is 3. The van der Waals surface area contributed by atoms with E-state index in [-0.39, 0.29) is 0 Å². The molecule has 1 N–H and O–H groups in total. The minimum atomic E-state index is 0.768. The van der Waals surface area contributed by atoms with Crippen molar-refractivity contribution in [2.45, 2.75) is 26.9 Å². The minimum Gasteiger partial charge on any atom is -0.313 e. The molecule has 0 aromatic carbocycles. The normalized spacial score (nSPS) is 10.9. The number of aryl methyl sites for hydroxylation is 1. The van der Waals surface area contributed by atoms with Crippen LogP contribution < -0.4 is 5.32 Å². The Hall–Kier alpha value is -1.20. The Morgan fingerprint density at radius 3 is 3.06 bits per heavy atom. The average Bonchev–Trinajstić information content (AvgIpc) is 2.86. The standard InChI is InChI=1S/C11H16N4S/c1-3-12-6-10-7-15(14-9(10)2)8-11-13-4-5-16-11/h4-5,7,12H,3,6,8H2,1-2H3. The van der Waals surface area contributed by atoms with Crippen LogP contribution in [0.15, 0.2) is 17.8 Å². The van der Waals surface area contributed by atoms with E-state index in [0.29, 0.717) is 0 Å². The molecule has 0 aliphatic carbocycles. The van der Waals surface area contributed by atoms with Crippen LogP contribution in [0.3, 0.4) is 0 Å². The van der Waals surface area contributed by atoms with E-state index in [1.54, 1.807) is 11.3 Å². The lowest BCUT2D eigenvalue weighted by Gasteiger charge is -1.98. The predicted octanol–water partition coefficient (Wildman–Crippen LogP) is 1.81. The number of hydrogen-bond acceptors (Lipinski definition) is 4. The van der Waals surface area contributed by atoms with Gasteiger partial charge in [0.05, 0.1) is 12.2 Å². The first-order valence-electron chi connectivity index (χ1n) is 5.41. The van der Waals surface area contributed by atoms with E-state index in [9.17, 15) is 0 Å². The molecule has 0 radical (unpaired) electrons. The Bertz CT molecular complexity index is 433. The highest BCUT2D eigenvalue weighted by atomic mass is 32.1. The van der Waals surface area contributed by atoms with Crippen LogP contribution in [-0.2, 0) is 13.1 Å². The van der Waals surface area contributed by atoms with Crippen LogP contribution in [0.5, 0.6) is 0 Å². The second-order valence-electron chi connectivity index (χ2n) is 3.64. The van der Waals surface area contributed by atoms with Crippen molar-refractivity contribution in [1.82, 2.24) is 20.1 Å². The van der Waals surface area contributed by atoms with Gasteiger partial charge in [0.1, 0.15) is 5.01 Å². The van der Waals surface area contributed by atoms with Gasteiger partial charge >= 0.3 is 0 Å². The van der Waals surface area contributed by atoms with E-state index in [4.69, 9.17) is 0 Å². The summed E-state index contributed by atoms with van der Waals surface area (Å²) >= 11 is 1.66. The molecule has 0 amide bonds. The van der Waals surface area contributed by atoms with Crippen LogP contribution >= 0.6 is 11.3 Å². The molecule has 0 aliphatic rings. The highest BCUT2D eigenvalue weighted by Crippen LogP contribution is 2.09. The Kier molecular flexibility index (Phi) is 3.69. The Labute approximate surface area is 99.3 Å². The summed E-state index contributed by atoms with van der Waals surface area (Å²) in [5.41, 5.74) is 2.36. The van der Waals surface area contributed by atoms with Crippen LogP contribution in [-0.4, -0.2) is 21.3 Å². The second-order valence-corrected chi connectivity index (χ2v) is 4.62. The summed E-state index contributed by atoms with van der Waals surface area (Å²) in [6, 6.07) is 0. The summed E-state index contributed by atoms with van der Waals surface area (Å²) in [6.45, 7) is 6.79. The van der Waals surface area contributed by atoms with Crippen LogP contribution in [0.4, 0.5) is 0 Å². The molecule has 0 bridgehead atoms.